The van der Waals surface area contributed by atoms with Crippen molar-refractivity contribution in [3.05, 3.63) is 59.7 Å². The van der Waals surface area contributed by atoms with Crippen LogP contribution in [0.25, 0.3) is 0 Å². The summed E-state index contributed by atoms with van der Waals surface area (Å²) >= 11 is 0. The van der Waals surface area contributed by atoms with E-state index in [1.165, 1.54) is 88.2 Å². The van der Waals surface area contributed by atoms with E-state index >= 15 is 0 Å². The molecule has 0 bridgehead atoms. The zero-order valence-corrected chi connectivity index (χ0v) is 29.9. The van der Waals surface area contributed by atoms with Gasteiger partial charge in [0.1, 0.15) is 24.7 Å². The van der Waals surface area contributed by atoms with Crippen LogP contribution in [0, 0.1) is 0 Å². The van der Waals surface area contributed by atoms with Crippen molar-refractivity contribution in [3.8, 4) is 11.5 Å². The van der Waals surface area contributed by atoms with Gasteiger partial charge in [0.05, 0.1) is 66.1 Å². The standard InChI is InChI=1S/C40H66O7/c1-3-5-7-9-11-13-15-37-17-21-39(22-18-37)46-35-33-44-31-29-42-27-25-41-26-28-43-30-32-45-34-36-47-40-23-19-38(20-24-40)16-14-12-10-8-6-4-2/h17-24H,3-16,25-36H2,1-2H3. The topological polar surface area (TPSA) is 64.6 Å². The highest BCUT2D eigenvalue weighted by Gasteiger charge is 2.00. The molecule has 0 radical (unpaired) electrons. The van der Waals surface area contributed by atoms with E-state index in [-0.39, 0.29) is 0 Å². The highest BCUT2D eigenvalue weighted by Crippen LogP contribution is 2.16. The summed E-state index contributed by atoms with van der Waals surface area (Å²) in [4.78, 5) is 0. The molecule has 0 atom stereocenters. The molecule has 0 heterocycles. The van der Waals surface area contributed by atoms with Gasteiger partial charge in [-0.1, -0.05) is 102 Å². The minimum absolute atomic E-state index is 0.534. The molecular formula is C40H66O7. The van der Waals surface area contributed by atoms with Crippen LogP contribution >= 0.6 is 0 Å². The lowest BCUT2D eigenvalue weighted by Gasteiger charge is -2.09. The summed E-state index contributed by atoms with van der Waals surface area (Å²) in [5, 5.41) is 0. The third-order valence-corrected chi connectivity index (χ3v) is 7.97. The number of benzene rings is 2. The van der Waals surface area contributed by atoms with Gasteiger partial charge < -0.3 is 33.2 Å². The first-order valence-electron chi connectivity index (χ1n) is 18.6. The van der Waals surface area contributed by atoms with Gasteiger partial charge in [0, 0.05) is 0 Å². The molecule has 2 aromatic rings. The average molecular weight is 659 g/mol. The van der Waals surface area contributed by atoms with Crippen LogP contribution in [0.4, 0.5) is 0 Å². The summed E-state index contributed by atoms with van der Waals surface area (Å²) in [6.45, 7) is 11.0. The molecule has 7 nitrogen and oxygen atoms in total. The second-order valence-electron chi connectivity index (χ2n) is 12.1. The Morgan fingerprint density at radius 3 is 0.915 bits per heavy atom. The minimum atomic E-state index is 0.534. The van der Waals surface area contributed by atoms with E-state index in [0.29, 0.717) is 79.3 Å². The molecule has 0 aliphatic carbocycles. The molecule has 7 heteroatoms. The fraction of sp³-hybridized carbons (Fsp3) is 0.700. The molecule has 0 spiro atoms. The smallest absolute Gasteiger partial charge is 0.119 e. The Bertz CT molecular complexity index is 844. The second kappa shape index (κ2) is 31.1. The van der Waals surface area contributed by atoms with Gasteiger partial charge in [0.15, 0.2) is 0 Å². The van der Waals surface area contributed by atoms with Gasteiger partial charge in [-0.2, -0.15) is 0 Å². The number of ether oxygens (including phenoxy) is 7. The Morgan fingerprint density at radius 1 is 0.319 bits per heavy atom. The maximum atomic E-state index is 5.78. The van der Waals surface area contributed by atoms with Crippen LogP contribution in [0.15, 0.2) is 48.5 Å². The molecule has 0 amide bonds. The molecular weight excluding hydrogens is 592 g/mol. The first-order chi connectivity index (χ1) is 23.3. The van der Waals surface area contributed by atoms with Crippen LogP contribution in [0.1, 0.15) is 102 Å². The quantitative estimate of drug-likeness (QED) is 0.0696. The first-order valence-corrected chi connectivity index (χ1v) is 18.6. The molecule has 0 unspecified atom stereocenters. The van der Waals surface area contributed by atoms with Crippen molar-refractivity contribution in [2.24, 2.45) is 0 Å². The van der Waals surface area contributed by atoms with E-state index in [0.717, 1.165) is 24.3 Å². The molecule has 47 heavy (non-hydrogen) atoms. The molecule has 268 valence electrons. The third-order valence-electron chi connectivity index (χ3n) is 7.97. The Balaban J connectivity index is 1.27. The van der Waals surface area contributed by atoms with Gasteiger partial charge in [-0.15, -0.1) is 0 Å². The Hall–Kier alpha value is -2.16. The lowest BCUT2D eigenvalue weighted by molar-refractivity contribution is -0.0141. The van der Waals surface area contributed by atoms with E-state index < -0.39 is 0 Å². The maximum absolute atomic E-state index is 5.78. The molecule has 0 aliphatic heterocycles. The second-order valence-corrected chi connectivity index (χ2v) is 12.1. The van der Waals surface area contributed by atoms with Crippen molar-refractivity contribution in [1.82, 2.24) is 0 Å². The van der Waals surface area contributed by atoms with Gasteiger partial charge in [-0.05, 0) is 61.1 Å². The maximum Gasteiger partial charge on any atom is 0.119 e. The predicted molar refractivity (Wildman–Crippen MR) is 192 cm³/mol. The lowest BCUT2D eigenvalue weighted by Crippen LogP contribution is -2.15. The molecule has 0 N–H and O–H groups in total. The fourth-order valence-corrected chi connectivity index (χ4v) is 5.14. The Morgan fingerprint density at radius 2 is 0.596 bits per heavy atom. The van der Waals surface area contributed by atoms with Gasteiger partial charge >= 0.3 is 0 Å². The van der Waals surface area contributed by atoms with E-state index in [9.17, 15) is 0 Å². The van der Waals surface area contributed by atoms with Crippen LogP contribution in [0.5, 0.6) is 11.5 Å². The predicted octanol–water partition coefficient (Wildman–Crippen LogP) is 9.03. The van der Waals surface area contributed by atoms with Crippen molar-refractivity contribution < 1.29 is 33.2 Å². The van der Waals surface area contributed by atoms with Crippen LogP contribution in [0.2, 0.25) is 0 Å². The molecule has 0 saturated heterocycles. The van der Waals surface area contributed by atoms with Gasteiger partial charge in [-0.3, -0.25) is 0 Å². The van der Waals surface area contributed by atoms with E-state index in [2.05, 4.69) is 62.4 Å². The number of unbranched alkanes of at least 4 members (excludes halogenated alkanes) is 10. The third kappa shape index (κ3) is 24.6. The fourth-order valence-electron chi connectivity index (χ4n) is 5.14. The molecule has 0 aliphatic rings. The molecule has 2 rings (SSSR count). The lowest BCUT2D eigenvalue weighted by atomic mass is 10.0. The number of rotatable bonds is 34. The molecule has 2 aromatic carbocycles. The van der Waals surface area contributed by atoms with Crippen LogP contribution in [0.3, 0.4) is 0 Å². The van der Waals surface area contributed by atoms with Gasteiger partial charge in [-0.25, -0.2) is 0 Å². The largest absolute Gasteiger partial charge is 0.491 e. The van der Waals surface area contributed by atoms with E-state index in [1.807, 2.05) is 0 Å². The van der Waals surface area contributed by atoms with Crippen molar-refractivity contribution in [3.63, 3.8) is 0 Å². The summed E-state index contributed by atoms with van der Waals surface area (Å²) in [5.74, 6) is 1.79. The summed E-state index contributed by atoms with van der Waals surface area (Å²) in [7, 11) is 0. The van der Waals surface area contributed by atoms with Crippen LogP contribution in [-0.4, -0.2) is 79.3 Å². The summed E-state index contributed by atoms with van der Waals surface area (Å²) in [5.41, 5.74) is 2.77. The zero-order valence-electron chi connectivity index (χ0n) is 29.9. The first kappa shape index (κ1) is 41.0. The highest BCUT2D eigenvalue weighted by molar-refractivity contribution is 5.28. The zero-order chi connectivity index (χ0) is 33.3. The SMILES string of the molecule is CCCCCCCCc1ccc(OCCOCCOCCOCCOCCOCCOc2ccc(CCCCCCCC)cc2)cc1. The number of hydrogen-bond donors (Lipinski definition) is 0. The van der Waals surface area contributed by atoms with Crippen LogP contribution < -0.4 is 9.47 Å². The van der Waals surface area contributed by atoms with Crippen molar-refractivity contribution in [2.75, 3.05) is 79.3 Å². The van der Waals surface area contributed by atoms with E-state index in [4.69, 9.17) is 33.2 Å². The van der Waals surface area contributed by atoms with Crippen LogP contribution in [-0.2, 0) is 36.5 Å². The number of hydrogen-bond acceptors (Lipinski definition) is 7. The average Bonchev–Trinajstić information content (AvgIpc) is 3.10. The summed E-state index contributed by atoms with van der Waals surface area (Å²) < 4.78 is 39.4. The Labute approximate surface area is 287 Å². The van der Waals surface area contributed by atoms with Crippen molar-refractivity contribution in [1.29, 1.82) is 0 Å². The Kier molecular flexibility index (Phi) is 27.2. The summed E-state index contributed by atoms with van der Waals surface area (Å²) in [6, 6.07) is 16.9. The summed E-state index contributed by atoms with van der Waals surface area (Å²) in [6.07, 6.45) is 18.3. The minimum Gasteiger partial charge on any atom is -0.491 e. The van der Waals surface area contributed by atoms with Gasteiger partial charge in [0.25, 0.3) is 0 Å². The molecule has 0 aromatic heterocycles. The van der Waals surface area contributed by atoms with Gasteiger partial charge in [0.2, 0.25) is 0 Å². The van der Waals surface area contributed by atoms with Crippen molar-refractivity contribution in [2.45, 2.75) is 104 Å². The normalized spacial score (nSPS) is 11.3. The van der Waals surface area contributed by atoms with Crippen molar-refractivity contribution >= 4 is 0 Å². The highest BCUT2D eigenvalue weighted by atomic mass is 16.6. The number of aryl methyl sites for hydroxylation is 2. The molecule has 0 fully saturated rings. The van der Waals surface area contributed by atoms with E-state index in [1.54, 1.807) is 0 Å². The monoisotopic (exact) mass is 658 g/mol. The molecule has 0 saturated carbocycles.